The van der Waals surface area contributed by atoms with Crippen molar-refractivity contribution in [1.29, 1.82) is 0 Å². The third kappa shape index (κ3) is 4.15. The van der Waals surface area contributed by atoms with E-state index in [4.69, 9.17) is 5.73 Å². The van der Waals surface area contributed by atoms with E-state index in [9.17, 15) is 13.2 Å². The minimum absolute atomic E-state index is 0.0603. The van der Waals surface area contributed by atoms with Gasteiger partial charge in [-0.3, -0.25) is 4.79 Å². The van der Waals surface area contributed by atoms with Crippen LogP contribution in [0.15, 0.2) is 63.3 Å². The monoisotopic (exact) mass is 430 g/mol. The number of nitrogens with two attached hydrogens (primary N) is 1. The first kappa shape index (κ1) is 20.9. The molecule has 1 amide bonds. The normalized spacial score (nSPS) is 11.4. The van der Waals surface area contributed by atoms with Crippen LogP contribution in [0.1, 0.15) is 11.1 Å². The Balaban J connectivity index is 1.93. The van der Waals surface area contributed by atoms with Crippen LogP contribution in [0.25, 0.3) is 0 Å². The zero-order valence-corrected chi connectivity index (χ0v) is 18.0. The molecule has 0 saturated heterocycles. The van der Waals surface area contributed by atoms with Gasteiger partial charge in [-0.2, -0.15) is 5.10 Å². The number of aromatic nitrogens is 2. The molecule has 3 rings (SSSR count). The van der Waals surface area contributed by atoms with E-state index < -0.39 is 9.84 Å². The summed E-state index contributed by atoms with van der Waals surface area (Å²) in [4.78, 5) is 12.6. The van der Waals surface area contributed by atoms with E-state index in [0.717, 1.165) is 16.8 Å². The fourth-order valence-corrected chi connectivity index (χ4v) is 5.44. The Morgan fingerprint density at radius 1 is 1.10 bits per heavy atom. The molecule has 0 atom stereocenters. The standard InChI is InChI=1S/C20H22N4O3S2/c1-13-8-7-9-14(2)17(13)22-16(25)12-24-19(21)18(20(23-24)28-3)29(26,27)15-10-5-4-6-11-15/h4-11H,12,21H2,1-3H3,(H,22,25). The molecule has 0 aliphatic carbocycles. The Bertz CT molecular complexity index is 1140. The molecule has 29 heavy (non-hydrogen) atoms. The van der Waals surface area contributed by atoms with E-state index in [0.29, 0.717) is 0 Å². The summed E-state index contributed by atoms with van der Waals surface area (Å²) in [6, 6.07) is 13.8. The summed E-state index contributed by atoms with van der Waals surface area (Å²) in [6.07, 6.45) is 1.72. The van der Waals surface area contributed by atoms with Crippen LogP contribution >= 0.6 is 11.8 Å². The number of sulfone groups is 1. The highest BCUT2D eigenvalue weighted by molar-refractivity contribution is 7.99. The first-order valence-corrected chi connectivity index (χ1v) is 11.5. The third-order valence-corrected chi connectivity index (χ3v) is 7.11. The number of carbonyl (C=O) groups is 1. The number of hydrogen-bond donors (Lipinski definition) is 2. The van der Waals surface area contributed by atoms with E-state index in [1.165, 1.54) is 28.6 Å². The van der Waals surface area contributed by atoms with Gasteiger partial charge in [-0.05, 0) is 43.4 Å². The van der Waals surface area contributed by atoms with Crippen molar-refractivity contribution in [1.82, 2.24) is 9.78 Å². The number of rotatable bonds is 6. The van der Waals surface area contributed by atoms with Gasteiger partial charge in [0, 0.05) is 5.69 Å². The molecule has 9 heteroatoms. The molecule has 1 heterocycles. The van der Waals surface area contributed by atoms with Crippen LogP contribution in [0, 0.1) is 13.8 Å². The summed E-state index contributed by atoms with van der Waals surface area (Å²) in [5.41, 5.74) is 8.73. The highest BCUT2D eigenvalue weighted by atomic mass is 32.2. The minimum Gasteiger partial charge on any atom is -0.383 e. The fourth-order valence-electron chi connectivity index (χ4n) is 2.99. The summed E-state index contributed by atoms with van der Waals surface area (Å²) in [5.74, 6) is -0.400. The van der Waals surface area contributed by atoms with E-state index in [1.807, 2.05) is 32.0 Å². The van der Waals surface area contributed by atoms with Gasteiger partial charge in [-0.15, -0.1) is 11.8 Å². The van der Waals surface area contributed by atoms with Crippen molar-refractivity contribution in [3.05, 3.63) is 59.7 Å². The Morgan fingerprint density at radius 2 is 1.72 bits per heavy atom. The molecule has 3 N–H and O–H groups in total. The number of nitrogens with zero attached hydrogens (tertiary/aromatic N) is 2. The van der Waals surface area contributed by atoms with Crippen molar-refractivity contribution >= 4 is 39.0 Å². The fraction of sp³-hybridized carbons (Fsp3) is 0.200. The summed E-state index contributed by atoms with van der Waals surface area (Å²) in [6.45, 7) is 3.61. The smallest absolute Gasteiger partial charge is 0.246 e. The van der Waals surface area contributed by atoms with Gasteiger partial charge >= 0.3 is 0 Å². The van der Waals surface area contributed by atoms with Crippen LogP contribution < -0.4 is 11.1 Å². The molecule has 2 aromatic carbocycles. The summed E-state index contributed by atoms with van der Waals surface area (Å²) in [5, 5.41) is 7.38. The first-order valence-electron chi connectivity index (χ1n) is 8.82. The molecule has 152 valence electrons. The van der Waals surface area contributed by atoms with Gasteiger partial charge in [-0.1, -0.05) is 36.4 Å². The van der Waals surface area contributed by atoms with Gasteiger partial charge in [0.1, 0.15) is 22.3 Å². The van der Waals surface area contributed by atoms with Gasteiger partial charge in [0.05, 0.1) is 4.90 Å². The maximum absolute atomic E-state index is 13.1. The molecule has 7 nitrogen and oxygen atoms in total. The molecule has 0 fully saturated rings. The minimum atomic E-state index is -3.86. The SMILES string of the molecule is CSc1nn(CC(=O)Nc2c(C)cccc2C)c(N)c1S(=O)(=O)c1ccccc1. The van der Waals surface area contributed by atoms with Crippen LogP contribution in [0.4, 0.5) is 11.5 Å². The average Bonchev–Trinajstić information content (AvgIpc) is 3.01. The zero-order valence-electron chi connectivity index (χ0n) is 16.3. The molecular formula is C20H22N4O3S2. The molecule has 0 bridgehead atoms. The molecule has 0 aliphatic rings. The van der Waals surface area contributed by atoms with Crippen molar-refractivity contribution in [3.63, 3.8) is 0 Å². The third-order valence-electron chi connectivity index (χ3n) is 4.47. The lowest BCUT2D eigenvalue weighted by molar-refractivity contribution is -0.116. The Hall–Kier alpha value is -2.78. The molecule has 0 unspecified atom stereocenters. The highest BCUT2D eigenvalue weighted by Crippen LogP contribution is 2.33. The topological polar surface area (TPSA) is 107 Å². The Kier molecular flexibility index (Phi) is 5.99. The predicted octanol–water partition coefficient (Wildman–Crippen LogP) is 3.28. The summed E-state index contributed by atoms with van der Waals surface area (Å²) >= 11 is 1.17. The number of hydrogen-bond acceptors (Lipinski definition) is 6. The van der Waals surface area contributed by atoms with E-state index in [-0.39, 0.29) is 33.1 Å². The number of carbonyl (C=O) groups excluding carboxylic acids is 1. The molecule has 0 radical (unpaired) electrons. The second-order valence-corrected chi connectivity index (χ2v) is 9.19. The van der Waals surface area contributed by atoms with Crippen LogP contribution in [-0.4, -0.2) is 30.4 Å². The van der Waals surface area contributed by atoms with Crippen molar-refractivity contribution in [3.8, 4) is 0 Å². The van der Waals surface area contributed by atoms with Gasteiger partial charge < -0.3 is 11.1 Å². The lowest BCUT2D eigenvalue weighted by atomic mass is 10.1. The van der Waals surface area contributed by atoms with Crippen LogP contribution in [-0.2, 0) is 21.2 Å². The molecule has 1 aromatic heterocycles. The highest BCUT2D eigenvalue weighted by Gasteiger charge is 2.29. The van der Waals surface area contributed by atoms with Gasteiger partial charge in [0.25, 0.3) is 0 Å². The molecule has 3 aromatic rings. The van der Waals surface area contributed by atoms with Crippen LogP contribution in [0.3, 0.4) is 0 Å². The number of para-hydroxylation sites is 1. The van der Waals surface area contributed by atoms with Gasteiger partial charge in [0.15, 0.2) is 0 Å². The maximum atomic E-state index is 13.1. The number of nitrogens with one attached hydrogen (secondary N) is 1. The number of anilines is 2. The molecule has 0 saturated carbocycles. The first-order chi connectivity index (χ1) is 13.8. The van der Waals surface area contributed by atoms with Gasteiger partial charge in [-0.25, -0.2) is 13.1 Å². The molecule has 0 spiro atoms. The van der Waals surface area contributed by atoms with E-state index >= 15 is 0 Å². The van der Waals surface area contributed by atoms with Crippen molar-refractivity contribution < 1.29 is 13.2 Å². The lowest BCUT2D eigenvalue weighted by Crippen LogP contribution is -2.21. The zero-order chi connectivity index (χ0) is 21.2. The van der Waals surface area contributed by atoms with E-state index in [1.54, 1.807) is 24.5 Å². The molecular weight excluding hydrogens is 408 g/mol. The second kappa shape index (κ2) is 8.30. The predicted molar refractivity (Wildman–Crippen MR) is 115 cm³/mol. The average molecular weight is 431 g/mol. The number of nitrogen functional groups attached to an aromatic ring is 1. The van der Waals surface area contributed by atoms with Crippen molar-refractivity contribution in [2.75, 3.05) is 17.3 Å². The van der Waals surface area contributed by atoms with Crippen LogP contribution in [0.5, 0.6) is 0 Å². The van der Waals surface area contributed by atoms with Crippen molar-refractivity contribution in [2.24, 2.45) is 0 Å². The number of aryl methyl sites for hydroxylation is 2. The quantitative estimate of drug-likeness (QED) is 0.581. The number of benzene rings is 2. The maximum Gasteiger partial charge on any atom is 0.246 e. The summed E-state index contributed by atoms with van der Waals surface area (Å²) < 4.78 is 27.4. The van der Waals surface area contributed by atoms with Crippen LogP contribution in [0.2, 0.25) is 0 Å². The Morgan fingerprint density at radius 3 is 2.31 bits per heavy atom. The number of thioether (sulfide) groups is 1. The molecule has 0 aliphatic heterocycles. The van der Waals surface area contributed by atoms with Crippen molar-refractivity contribution in [2.45, 2.75) is 35.2 Å². The number of amides is 1. The second-order valence-electron chi connectivity index (χ2n) is 6.51. The Labute approximate surface area is 174 Å². The largest absolute Gasteiger partial charge is 0.383 e. The van der Waals surface area contributed by atoms with E-state index in [2.05, 4.69) is 10.4 Å². The lowest BCUT2D eigenvalue weighted by Gasteiger charge is -2.12. The van der Waals surface area contributed by atoms with Gasteiger partial charge in [0.2, 0.25) is 15.7 Å². The summed E-state index contributed by atoms with van der Waals surface area (Å²) in [7, 11) is -3.86.